The summed E-state index contributed by atoms with van der Waals surface area (Å²) in [6.07, 6.45) is 0.750. The second-order valence-corrected chi connectivity index (χ2v) is 11.6. The summed E-state index contributed by atoms with van der Waals surface area (Å²) >= 11 is 6.08. The molecule has 4 aromatic carbocycles. The Labute approximate surface area is 223 Å². The fourth-order valence-corrected chi connectivity index (χ4v) is 6.37. The van der Waals surface area contributed by atoms with E-state index in [0.29, 0.717) is 16.3 Å². The van der Waals surface area contributed by atoms with Crippen LogP contribution in [0.4, 0.5) is 11.4 Å². The standard InChI is InChI=1S/C30H27ClN2O3S/c1-21-11-17-26(18-12-21)37(35,36)32(20-23-13-15-25(31)16-14-23)29-10-6-4-8-27(29)30(34)33-22(2)19-24-7-3-5-9-28(24)33/h3-18,22H,19-20H2,1-2H3/t22-/m1/s1. The van der Waals surface area contributed by atoms with Crippen molar-refractivity contribution in [1.29, 1.82) is 0 Å². The second kappa shape index (κ2) is 10.0. The van der Waals surface area contributed by atoms with Crippen LogP contribution in [-0.2, 0) is 23.0 Å². The van der Waals surface area contributed by atoms with Gasteiger partial charge in [-0.25, -0.2) is 8.42 Å². The first-order valence-electron chi connectivity index (χ1n) is 12.1. The molecule has 0 radical (unpaired) electrons. The van der Waals surface area contributed by atoms with Crippen LogP contribution in [0.5, 0.6) is 0 Å². The molecule has 188 valence electrons. The highest BCUT2D eigenvalue weighted by Crippen LogP contribution is 2.36. The molecule has 5 rings (SSSR count). The lowest BCUT2D eigenvalue weighted by atomic mass is 10.1. The highest BCUT2D eigenvalue weighted by Gasteiger charge is 2.35. The number of sulfonamides is 1. The summed E-state index contributed by atoms with van der Waals surface area (Å²) in [5.74, 6) is -0.228. The summed E-state index contributed by atoms with van der Waals surface area (Å²) in [6, 6.07) is 28.5. The van der Waals surface area contributed by atoms with Crippen molar-refractivity contribution in [3.8, 4) is 0 Å². The Hall–Kier alpha value is -3.61. The van der Waals surface area contributed by atoms with Crippen LogP contribution in [0.25, 0.3) is 0 Å². The van der Waals surface area contributed by atoms with Crippen LogP contribution in [0.15, 0.2) is 102 Å². The van der Waals surface area contributed by atoms with E-state index in [2.05, 4.69) is 0 Å². The summed E-state index contributed by atoms with van der Waals surface area (Å²) in [6.45, 7) is 3.96. The molecule has 0 spiro atoms. The third-order valence-corrected chi connectivity index (χ3v) is 8.70. The third kappa shape index (κ3) is 4.87. The number of fused-ring (bicyclic) bond motifs is 1. The number of anilines is 2. The Kier molecular flexibility index (Phi) is 6.80. The van der Waals surface area contributed by atoms with E-state index >= 15 is 0 Å². The highest BCUT2D eigenvalue weighted by atomic mass is 35.5. The monoisotopic (exact) mass is 530 g/mol. The van der Waals surface area contributed by atoms with Crippen LogP contribution in [0.2, 0.25) is 5.02 Å². The predicted molar refractivity (Wildman–Crippen MR) is 149 cm³/mol. The molecule has 7 heteroatoms. The van der Waals surface area contributed by atoms with Crippen LogP contribution in [-0.4, -0.2) is 20.4 Å². The van der Waals surface area contributed by atoms with Gasteiger partial charge in [0.15, 0.2) is 0 Å². The van der Waals surface area contributed by atoms with Crippen molar-refractivity contribution in [2.24, 2.45) is 0 Å². The smallest absolute Gasteiger partial charge is 0.264 e. The summed E-state index contributed by atoms with van der Waals surface area (Å²) in [5.41, 5.74) is 4.34. The molecule has 0 fully saturated rings. The zero-order valence-electron chi connectivity index (χ0n) is 20.6. The van der Waals surface area contributed by atoms with E-state index < -0.39 is 10.0 Å². The molecule has 5 nitrogen and oxygen atoms in total. The van der Waals surface area contributed by atoms with E-state index in [4.69, 9.17) is 11.6 Å². The largest absolute Gasteiger partial charge is 0.305 e. The van der Waals surface area contributed by atoms with Crippen molar-refractivity contribution < 1.29 is 13.2 Å². The molecule has 1 aliphatic heterocycles. The van der Waals surface area contributed by atoms with Gasteiger partial charge in [0.2, 0.25) is 0 Å². The molecule has 1 atom stereocenters. The van der Waals surface area contributed by atoms with Gasteiger partial charge >= 0.3 is 0 Å². The Bertz CT molecular complexity index is 1550. The molecule has 0 saturated heterocycles. The molecule has 0 unspecified atom stereocenters. The van der Waals surface area contributed by atoms with Crippen molar-refractivity contribution in [3.05, 3.63) is 124 Å². The third-order valence-electron chi connectivity index (χ3n) is 6.68. The van der Waals surface area contributed by atoms with Gasteiger partial charge in [-0.2, -0.15) is 0 Å². The molecule has 0 aromatic heterocycles. The molecule has 4 aromatic rings. The van der Waals surface area contributed by atoms with E-state index in [1.807, 2.05) is 38.1 Å². The first-order chi connectivity index (χ1) is 17.8. The molecule has 0 aliphatic carbocycles. The van der Waals surface area contributed by atoms with E-state index in [1.165, 1.54) is 4.31 Å². The van der Waals surface area contributed by atoms with Crippen molar-refractivity contribution in [2.75, 3.05) is 9.21 Å². The number of carbonyl (C=O) groups is 1. The van der Waals surface area contributed by atoms with Gasteiger partial charge in [-0.15, -0.1) is 0 Å². The number of para-hydroxylation sites is 2. The van der Waals surface area contributed by atoms with Gasteiger partial charge in [0.05, 0.1) is 22.7 Å². The van der Waals surface area contributed by atoms with Crippen LogP contribution in [0.1, 0.15) is 34.0 Å². The van der Waals surface area contributed by atoms with E-state index in [1.54, 1.807) is 77.7 Å². The number of rotatable bonds is 6. The Morgan fingerprint density at radius 3 is 2.30 bits per heavy atom. The van der Waals surface area contributed by atoms with Gasteiger partial charge in [0, 0.05) is 16.8 Å². The molecule has 1 aliphatic rings. The number of hydrogen-bond donors (Lipinski definition) is 0. The van der Waals surface area contributed by atoms with Crippen molar-refractivity contribution in [1.82, 2.24) is 0 Å². The van der Waals surface area contributed by atoms with Crippen molar-refractivity contribution >= 4 is 38.9 Å². The zero-order chi connectivity index (χ0) is 26.2. The maximum atomic E-state index is 14.0. The number of amides is 1. The lowest BCUT2D eigenvalue weighted by Gasteiger charge is -2.29. The van der Waals surface area contributed by atoms with Gasteiger partial charge < -0.3 is 4.90 Å². The van der Waals surface area contributed by atoms with Crippen LogP contribution >= 0.6 is 11.6 Å². The first kappa shape index (κ1) is 25.1. The average molecular weight is 531 g/mol. The summed E-state index contributed by atoms with van der Waals surface area (Å²) < 4.78 is 29.4. The van der Waals surface area contributed by atoms with Gasteiger partial charge in [0.25, 0.3) is 15.9 Å². The SMILES string of the molecule is Cc1ccc(S(=O)(=O)N(Cc2ccc(Cl)cc2)c2ccccc2C(=O)N2c3ccccc3C[C@H]2C)cc1. The molecule has 0 bridgehead atoms. The topological polar surface area (TPSA) is 57.7 Å². The molecule has 0 saturated carbocycles. The van der Waals surface area contributed by atoms with Crippen LogP contribution in [0.3, 0.4) is 0 Å². The van der Waals surface area contributed by atoms with Crippen LogP contribution < -0.4 is 9.21 Å². The summed E-state index contributed by atoms with van der Waals surface area (Å²) in [7, 11) is -4.00. The number of carbonyl (C=O) groups excluding carboxylic acids is 1. The minimum absolute atomic E-state index is 0.0450. The van der Waals surface area contributed by atoms with Crippen LogP contribution in [0, 0.1) is 6.92 Å². The second-order valence-electron chi connectivity index (χ2n) is 9.33. The molecular weight excluding hydrogens is 504 g/mol. The van der Waals surface area contributed by atoms with Crippen molar-refractivity contribution in [2.45, 2.75) is 37.8 Å². The molecule has 1 heterocycles. The number of aryl methyl sites for hydroxylation is 1. The van der Waals surface area contributed by atoms with Gasteiger partial charge in [-0.1, -0.05) is 71.8 Å². The summed E-state index contributed by atoms with van der Waals surface area (Å²) in [5, 5.41) is 0.564. The average Bonchev–Trinajstić information content (AvgIpc) is 3.23. The Balaban J connectivity index is 1.63. The number of hydrogen-bond acceptors (Lipinski definition) is 3. The van der Waals surface area contributed by atoms with E-state index in [0.717, 1.165) is 28.8 Å². The fraction of sp³-hybridized carbons (Fsp3) is 0.167. The molecular formula is C30H27ClN2O3S. The number of nitrogens with zero attached hydrogens (tertiary/aromatic N) is 2. The maximum absolute atomic E-state index is 14.0. The lowest BCUT2D eigenvalue weighted by Crippen LogP contribution is -2.38. The Morgan fingerprint density at radius 1 is 0.919 bits per heavy atom. The maximum Gasteiger partial charge on any atom is 0.264 e. The number of benzene rings is 4. The minimum atomic E-state index is -4.00. The Morgan fingerprint density at radius 2 is 1.57 bits per heavy atom. The van der Waals surface area contributed by atoms with Gasteiger partial charge in [0.1, 0.15) is 0 Å². The zero-order valence-corrected chi connectivity index (χ0v) is 22.2. The lowest BCUT2D eigenvalue weighted by molar-refractivity contribution is 0.0982. The summed E-state index contributed by atoms with van der Waals surface area (Å²) in [4.78, 5) is 16.0. The van der Waals surface area contributed by atoms with Gasteiger partial charge in [-0.05, 0) is 73.9 Å². The van der Waals surface area contributed by atoms with E-state index in [-0.39, 0.29) is 23.4 Å². The number of halogens is 1. The van der Waals surface area contributed by atoms with Crippen molar-refractivity contribution in [3.63, 3.8) is 0 Å². The van der Waals surface area contributed by atoms with Gasteiger partial charge in [-0.3, -0.25) is 9.10 Å². The molecule has 37 heavy (non-hydrogen) atoms. The first-order valence-corrected chi connectivity index (χ1v) is 13.9. The predicted octanol–water partition coefficient (Wildman–Crippen LogP) is 6.64. The minimum Gasteiger partial charge on any atom is -0.305 e. The highest BCUT2D eigenvalue weighted by molar-refractivity contribution is 7.92. The molecule has 1 amide bonds. The van der Waals surface area contributed by atoms with E-state index in [9.17, 15) is 13.2 Å². The normalized spacial score (nSPS) is 14.9. The fourth-order valence-electron chi connectivity index (χ4n) is 4.77. The molecule has 0 N–H and O–H groups in total. The quantitative estimate of drug-likeness (QED) is 0.281.